The molecule has 0 radical (unpaired) electrons. The van der Waals surface area contributed by atoms with Crippen LogP contribution in [-0.2, 0) is 17.9 Å². The molecule has 150 valence electrons. The Hall–Kier alpha value is -3.64. The number of aryl methyl sites for hydroxylation is 1. The summed E-state index contributed by atoms with van der Waals surface area (Å²) in [5.41, 5.74) is 4.46. The van der Waals surface area contributed by atoms with Crippen molar-refractivity contribution in [2.75, 3.05) is 11.9 Å². The van der Waals surface area contributed by atoms with Gasteiger partial charge in [0.2, 0.25) is 5.91 Å². The monoisotopic (exact) mass is 397 g/mol. The standard InChI is InChI=1S/C24H23N5O/c1-18-10-11-22(24-21(18)9-6-14-27-24)28-23(30)17-29(15-19-7-2-4-12-25-19)16-20-8-3-5-13-26-20/h2-14H,15-17H2,1H3,(H,28,30). The number of aromatic nitrogens is 3. The summed E-state index contributed by atoms with van der Waals surface area (Å²) in [4.78, 5) is 28.2. The summed E-state index contributed by atoms with van der Waals surface area (Å²) in [6.07, 6.45) is 5.27. The van der Waals surface area contributed by atoms with E-state index in [0.717, 1.165) is 33.5 Å². The fourth-order valence-electron chi connectivity index (χ4n) is 3.42. The van der Waals surface area contributed by atoms with Gasteiger partial charge in [0.15, 0.2) is 0 Å². The van der Waals surface area contributed by atoms with E-state index < -0.39 is 0 Å². The molecule has 0 saturated heterocycles. The minimum absolute atomic E-state index is 0.0994. The molecule has 0 saturated carbocycles. The number of hydrogen-bond acceptors (Lipinski definition) is 5. The SMILES string of the molecule is Cc1ccc(NC(=O)CN(Cc2ccccn2)Cc2ccccn2)c2ncccc12. The summed E-state index contributed by atoms with van der Waals surface area (Å²) in [5.74, 6) is -0.0994. The zero-order valence-electron chi connectivity index (χ0n) is 16.8. The molecule has 6 nitrogen and oxygen atoms in total. The number of rotatable bonds is 7. The van der Waals surface area contributed by atoms with Gasteiger partial charge in [-0.3, -0.25) is 24.6 Å². The molecule has 1 amide bonds. The molecule has 4 aromatic rings. The van der Waals surface area contributed by atoms with Crippen molar-refractivity contribution in [1.82, 2.24) is 19.9 Å². The van der Waals surface area contributed by atoms with Crippen molar-refractivity contribution in [2.24, 2.45) is 0 Å². The van der Waals surface area contributed by atoms with E-state index in [2.05, 4.69) is 20.3 Å². The summed E-state index contributed by atoms with van der Waals surface area (Å²) < 4.78 is 0. The highest BCUT2D eigenvalue weighted by Gasteiger charge is 2.15. The van der Waals surface area contributed by atoms with Crippen LogP contribution < -0.4 is 5.32 Å². The van der Waals surface area contributed by atoms with Crippen molar-refractivity contribution < 1.29 is 4.79 Å². The lowest BCUT2D eigenvalue weighted by Gasteiger charge is -2.21. The summed E-state index contributed by atoms with van der Waals surface area (Å²) in [7, 11) is 0. The summed E-state index contributed by atoms with van der Waals surface area (Å²) in [6, 6.07) is 19.4. The molecule has 1 N–H and O–H groups in total. The maximum Gasteiger partial charge on any atom is 0.238 e. The van der Waals surface area contributed by atoms with Crippen LogP contribution >= 0.6 is 0 Å². The van der Waals surface area contributed by atoms with Crippen LogP contribution in [0.25, 0.3) is 10.9 Å². The first-order valence-corrected chi connectivity index (χ1v) is 9.85. The third kappa shape index (κ3) is 4.85. The van der Waals surface area contributed by atoms with Crippen LogP contribution in [0, 0.1) is 6.92 Å². The fraction of sp³-hybridized carbons (Fsp3) is 0.167. The molecule has 0 aliphatic carbocycles. The minimum atomic E-state index is -0.0994. The van der Waals surface area contributed by atoms with E-state index in [0.29, 0.717) is 13.1 Å². The third-order valence-corrected chi connectivity index (χ3v) is 4.85. The highest BCUT2D eigenvalue weighted by atomic mass is 16.2. The molecular formula is C24H23N5O. The Bertz CT molecular complexity index is 1090. The van der Waals surface area contributed by atoms with Crippen molar-refractivity contribution >= 4 is 22.5 Å². The number of carbonyl (C=O) groups excluding carboxylic acids is 1. The Balaban J connectivity index is 1.52. The van der Waals surface area contributed by atoms with Crippen molar-refractivity contribution in [3.05, 3.63) is 96.2 Å². The molecule has 0 spiro atoms. The fourth-order valence-corrected chi connectivity index (χ4v) is 3.42. The predicted octanol–water partition coefficient (Wildman–Crippen LogP) is 3.97. The summed E-state index contributed by atoms with van der Waals surface area (Å²) in [6.45, 7) is 3.36. The lowest BCUT2D eigenvalue weighted by molar-refractivity contribution is -0.117. The normalized spacial score (nSPS) is 11.0. The number of nitrogens with one attached hydrogen (secondary N) is 1. The number of carbonyl (C=O) groups is 1. The molecular weight excluding hydrogens is 374 g/mol. The highest BCUT2D eigenvalue weighted by Crippen LogP contribution is 2.24. The van der Waals surface area contributed by atoms with Crippen LogP contribution in [0.15, 0.2) is 79.3 Å². The number of fused-ring (bicyclic) bond motifs is 1. The molecule has 4 rings (SSSR count). The summed E-state index contributed by atoms with van der Waals surface area (Å²) >= 11 is 0. The van der Waals surface area contributed by atoms with E-state index in [4.69, 9.17) is 0 Å². The Morgan fingerprint density at radius 2 is 1.50 bits per heavy atom. The number of hydrogen-bond donors (Lipinski definition) is 1. The smallest absolute Gasteiger partial charge is 0.238 e. The molecule has 0 aliphatic rings. The van der Waals surface area contributed by atoms with E-state index in [1.54, 1.807) is 18.6 Å². The molecule has 30 heavy (non-hydrogen) atoms. The second kappa shape index (κ2) is 9.24. The topological polar surface area (TPSA) is 71.0 Å². The zero-order chi connectivity index (χ0) is 20.8. The second-order valence-electron chi connectivity index (χ2n) is 7.17. The molecule has 0 fully saturated rings. The largest absolute Gasteiger partial charge is 0.323 e. The van der Waals surface area contributed by atoms with Gasteiger partial charge < -0.3 is 5.32 Å². The van der Waals surface area contributed by atoms with Gasteiger partial charge in [0.25, 0.3) is 0 Å². The number of benzene rings is 1. The van der Waals surface area contributed by atoms with Crippen molar-refractivity contribution in [2.45, 2.75) is 20.0 Å². The van der Waals surface area contributed by atoms with Gasteiger partial charge in [0.05, 0.1) is 29.1 Å². The molecule has 3 aromatic heterocycles. The number of nitrogens with zero attached hydrogens (tertiary/aromatic N) is 4. The molecule has 0 unspecified atom stereocenters. The van der Waals surface area contributed by atoms with Crippen molar-refractivity contribution in [3.63, 3.8) is 0 Å². The average Bonchev–Trinajstić information content (AvgIpc) is 2.77. The van der Waals surface area contributed by atoms with Gasteiger partial charge in [0, 0.05) is 37.1 Å². The molecule has 0 aliphatic heterocycles. The summed E-state index contributed by atoms with van der Waals surface area (Å²) in [5, 5.41) is 4.07. The minimum Gasteiger partial charge on any atom is -0.323 e. The average molecular weight is 397 g/mol. The first-order valence-electron chi connectivity index (χ1n) is 9.85. The van der Waals surface area contributed by atoms with Crippen LogP contribution in [0.2, 0.25) is 0 Å². The van der Waals surface area contributed by atoms with Gasteiger partial charge in [-0.2, -0.15) is 0 Å². The lowest BCUT2D eigenvalue weighted by atomic mass is 10.1. The maximum atomic E-state index is 12.9. The van der Waals surface area contributed by atoms with Crippen LogP contribution in [0.1, 0.15) is 17.0 Å². The van der Waals surface area contributed by atoms with E-state index in [1.807, 2.05) is 72.5 Å². The van der Waals surface area contributed by atoms with Gasteiger partial charge in [-0.05, 0) is 48.9 Å². The Labute approximate surface area is 175 Å². The van der Waals surface area contributed by atoms with E-state index in [1.165, 1.54) is 0 Å². The van der Waals surface area contributed by atoms with E-state index in [-0.39, 0.29) is 12.5 Å². The predicted molar refractivity (Wildman–Crippen MR) is 118 cm³/mol. The van der Waals surface area contributed by atoms with Gasteiger partial charge in [-0.25, -0.2) is 0 Å². The molecule has 6 heteroatoms. The van der Waals surface area contributed by atoms with Gasteiger partial charge >= 0.3 is 0 Å². The molecule has 3 heterocycles. The quantitative estimate of drug-likeness (QED) is 0.511. The number of anilines is 1. The number of pyridine rings is 3. The van der Waals surface area contributed by atoms with E-state index >= 15 is 0 Å². The van der Waals surface area contributed by atoms with Crippen LogP contribution in [0.4, 0.5) is 5.69 Å². The Kier molecular flexibility index (Phi) is 6.06. The highest BCUT2D eigenvalue weighted by molar-refractivity contribution is 6.01. The van der Waals surface area contributed by atoms with Crippen molar-refractivity contribution in [1.29, 1.82) is 0 Å². The Morgan fingerprint density at radius 3 is 2.13 bits per heavy atom. The maximum absolute atomic E-state index is 12.9. The van der Waals surface area contributed by atoms with Gasteiger partial charge in [-0.1, -0.05) is 24.3 Å². The molecule has 0 bridgehead atoms. The molecule has 0 atom stereocenters. The lowest BCUT2D eigenvalue weighted by Crippen LogP contribution is -2.33. The van der Waals surface area contributed by atoms with Gasteiger partial charge in [0.1, 0.15) is 0 Å². The van der Waals surface area contributed by atoms with Crippen LogP contribution in [-0.4, -0.2) is 32.3 Å². The Morgan fingerprint density at radius 1 is 0.833 bits per heavy atom. The second-order valence-corrected chi connectivity index (χ2v) is 7.17. The first-order chi connectivity index (χ1) is 14.7. The molecule has 1 aromatic carbocycles. The van der Waals surface area contributed by atoms with Crippen LogP contribution in [0.3, 0.4) is 0 Å². The zero-order valence-corrected chi connectivity index (χ0v) is 16.8. The first kappa shape index (κ1) is 19.7. The number of amides is 1. The van der Waals surface area contributed by atoms with Crippen molar-refractivity contribution in [3.8, 4) is 0 Å². The van der Waals surface area contributed by atoms with Crippen LogP contribution in [0.5, 0.6) is 0 Å². The van der Waals surface area contributed by atoms with E-state index in [9.17, 15) is 4.79 Å². The van der Waals surface area contributed by atoms with Gasteiger partial charge in [-0.15, -0.1) is 0 Å². The third-order valence-electron chi connectivity index (χ3n) is 4.85.